The minimum Gasteiger partial charge on any atom is -0.319 e. The first-order chi connectivity index (χ1) is 8.16. The Labute approximate surface area is 112 Å². The molecule has 1 aromatic carbocycles. The number of halogens is 2. The van der Waals surface area contributed by atoms with Gasteiger partial charge in [0.05, 0.1) is 5.69 Å². The molecule has 0 saturated carbocycles. The van der Waals surface area contributed by atoms with Gasteiger partial charge in [-0.1, -0.05) is 29.8 Å². The van der Waals surface area contributed by atoms with Gasteiger partial charge < -0.3 is 5.32 Å². The highest BCUT2D eigenvalue weighted by Gasteiger charge is 2.08. The van der Waals surface area contributed by atoms with E-state index in [0.29, 0.717) is 11.3 Å². The van der Waals surface area contributed by atoms with Crippen molar-refractivity contribution in [2.75, 3.05) is 5.32 Å². The molecular weight excluding hydrogens is 304 g/mol. The first-order valence-electron chi connectivity index (χ1n) is 4.84. The third-order valence-electron chi connectivity index (χ3n) is 2.09. The van der Waals surface area contributed by atoms with Gasteiger partial charge in [-0.25, -0.2) is 4.98 Å². The van der Waals surface area contributed by atoms with E-state index in [0.717, 1.165) is 4.47 Å². The summed E-state index contributed by atoms with van der Waals surface area (Å²) < 4.78 is 0.755. The number of pyridine rings is 1. The number of rotatable bonds is 2. The lowest BCUT2D eigenvalue weighted by Crippen LogP contribution is -2.12. The summed E-state index contributed by atoms with van der Waals surface area (Å²) in [6.45, 7) is 0. The second kappa shape index (κ2) is 5.29. The number of hydrogen-bond acceptors (Lipinski definition) is 2. The minimum atomic E-state index is -0.215. The van der Waals surface area contributed by atoms with Gasteiger partial charge in [-0.15, -0.1) is 0 Å². The highest BCUT2D eigenvalue weighted by molar-refractivity contribution is 9.10. The predicted octanol–water partition coefficient (Wildman–Crippen LogP) is 3.75. The molecule has 3 nitrogen and oxygen atoms in total. The van der Waals surface area contributed by atoms with Crippen LogP contribution < -0.4 is 5.32 Å². The Kier molecular flexibility index (Phi) is 3.76. The number of hydrogen-bond donors (Lipinski definition) is 1. The Balaban J connectivity index is 2.22. The van der Waals surface area contributed by atoms with Crippen LogP contribution in [0.1, 0.15) is 10.4 Å². The molecule has 2 rings (SSSR count). The van der Waals surface area contributed by atoms with Crippen LogP contribution in [0.5, 0.6) is 0 Å². The first-order valence-corrected chi connectivity index (χ1v) is 6.01. The molecule has 17 heavy (non-hydrogen) atoms. The molecule has 0 aliphatic rings. The lowest BCUT2D eigenvalue weighted by molar-refractivity contribution is 0.102. The third-order valence-corrected chi connectivity index (χ3v) is 2.82. The summed E-state index contributed by atoms with van der Waals surface area (Å²) in [5.41, 5.74) is 1.05. The molecule has 0 bridgehead atoms. The zero-order valence-electron chi connectivity index (χ0n) is 8.65. The fraction of sp³-hybridized carbons (Fsp3) is 0. The number of carbonyl (C=O) groups is 1. The fourth-order valence-corrected chi connectivity index (χ4v) is 1.78. The van der Waals surface area contributed by atoms with Gasteiger partial charge in [-0.05, 0) is 34.1 Å². The summed E-state index contributed by atoms with van der Waals surface area (Å²) in [6, 6.07) is 10.6. The average Bonchev–Trinajstić information content (AvgIpc) is 2.35. The van der Waals surface area contributed by atoms with Gasteiger partial charge >= 0.3 is 0 Å². The maximum atomic E-state index is 11.9. The molecule has 0 aliphatic heterocycles. The summed E-state index contributed by atoms with van der Waals surface area (Å²) in [5, 5.41) is 2.97. The maximum Gasteiger partial charge on any atom is 0.255 e. The lowest BCUT2D eigenvalue weighted by atomic mass is 10.2. The number of benzene rings is 1. The standard InChI is InChI=1S/C12H8BrClN2O/c13-9-6-10(11(14)15-7-9)16-12(17)8-4-2-1-3-5-8/h1-7H,(H,16,17). The predicted molar refractivity (Wildman–Crippen MR) is 71.3 cm³/mol. The highest BCUT2D eigenvalue weighted by Crippen LogP contribution is 2.23. The minimum absolute atomic E-state index is 0.215. The van der Waals surface area contributed by atoms with Crippen LogP contribution in [0.3, 0.4) is 0 Å². The fourth-order valence-electron chi connectivity index (χ4n) is 1.29. The maximum absolute atomic E-state index is 11.9. The van der Waals surface area contributed by atoms with Crippen molar-refractivity contribution >= 4 is 39.1 Å². The van der Waals surface area contributed by atoms with Crippen molar-refractivity contribution in [1.82, 2.24) is 4.98 Å². The van der Waals surface area contributed by atoms with Crippen molar-refractivity contribution in [2.24, 2.45) is 0 Å². The van der Waals surface area contributed by atoms with Crippen molar-refractivity contribution in [3.05, 3.63) is 57.8 Å². The van der Waals surface area contributed by atoms with E-state index in [1.54, 1.807) is 36.5 Å². The molecule has 0 aliphatic carbocycles. The summed E-state index contributed by atoms with van der Waals surface area (Å²) in [6.07, 6.45) is 1.57. The summed E-state index contributed by atoms with van der Waals surface area (Å²) in [5.74, 6) is -0.215. The molecule has 0 radical (unpaired) electrons. The van der Waals surface area contributed by atoms with E-state index in [9.17, 15) is 4.79 Å². The van der Waals surface area contributed by atoms with Gasteiger partial charge in [-0.3, -0.25) is 4.79 Å². The molecule has 5 heteroatoms. The second-order valence-corrected chi connectivity index (χ2v) is 4.59. The van der Waals surface area contributed by atoms with Crippen molar-refractivity contribution in [3.63, 3.8) is 0 Å². The Morgan fingerprint density at radius 2 is 2.00 bits per heavy atom. The molecule has 0 fully saturated rings. The molecule has 0 atom stereocenters. The highest BCUT2D eigenvalue weighted by atomic mass is 79.9. The smallest absolute Gasteiger partial charge is 0.255 e. The number of nitrogens with zero attached hydrogens (tertiary/aromatic N) is 1. The molecule has 0 saturated heterocycles. The van der Waals surface area contributed by atoms with Crippen LogP contribution in [0.2, 0.25) is 5.15 Å². The molecule has 1 N–H and O–H groups in total. The summed E-state index contributed by atoms with van der Waals surface area (Å²) in [7, 11) is 0. The van der Waals surface area contributed by atoms with Crippen LogP contribution in [-0.4, -0.2) is 10.9 Å². The molecule has 2 aromatic rings. The number of carbonyl (C=O) groups excluding carboxylic acids is 1. The quantitative estimate of drug-likeness (QED) is 0.858. The topological polar surface area (TPSA) is 42.0 Å². The first kappa shape index (κ1) is 12.1. The Bertz CT molecular complexity index is 545. The normalized spacial score (nSPS) is 10.0. The number of amides is 1. The third kappa shape index (κ3) is 3.05. The average molecular weight is 312 g/mol. The monoisotopic (exact) mass is 310 g/mol. The zero-order valence-corrected chi connectivity index (χ0v) is 11.0. The van der Waals surface area contributed by atoms with Crippen LogP contribution in [-0.2, 0) is 0 Å². The molecule has 0 unspecified atom stereocenters. The second-order valence-electron chi connectivity index (χ2n) is 3.31. The van der Waals surface area contributed by atoms with Gasteiger partial charge in [0.1, 0.15) is 0 Å². The van der Waals surface area contributed by atoms with Crippen LogP contribution >= 0.6 is 27.5 Å². The van der Waals surface area contributed by atoms with Crippen molar-refractivity contribution in [3.8, 4) is 0 Å². The van der Waals surface area contributed by atoms with E-state index in [2.05, 4.69) is 26.2 Å². The van der Waals surface area contributed by atoms with E-state index in [4.69, 9.17) is 11.6 Å². The SMILES string of the molecule is O=C(Nc1cc(Br)cnc1Cl)c1ccccc1. The van der Waals surface area contributed by atoms with Crippen molar-refractivity contribution < 1.29 is 4.79 Å². The number of aromatic nitrogens is 1. The van der Waals surface area contributed by atoms with E-state index < -0.39 is 0 Å². The Morgan fingerprint density at radius 3 is 2.71 bits per heavy atom. The van der Waals surface area contributed by atoms with E-state index in [1.165, 1.54) is 0 Å². The Hall–Kier alpha value is -1.39. The lowest BCUT2D eigenvalue weighted by Gasteiger charge is -2.06. The van der Waals surface area contributed by atoms with Gasteiger partial charge in [-0.2, -0.15) is 0 Å². The van der Waals surface area contributed by atoms with Crippen molar-refractivity contribution in [2.45, 2.75) is 0 Å². The van der Waals surface area contributed by atoms with Crippen LogP contribution in [0.25, 0.3) is 0 Å². The van der Waals surface area contributed by atoms with Crippen LogP contribution in [0.15, 0.2) is 47.1 Å². The number of anilines is 1. The van der Waals surface area contributed by atoms with Crippen LogP contribution in [0.4, 0.5) is 5.69 Å². The molecule has 0 spiro atoms. The van der Waals surface area contributed by atoms with E-state index >= 15 is 0 Å². The summed E-state index contributed by atoms with van der Waals surface area (Å²) >= 11 is 9.15. The van der Waals surface area contributed by atoms with Gasteiger partial charge in [0.2, 0.25) is 0 Å². The molecule has 86 valence electrons. The van der Waals surface area contributed by atoms with Crippen molar-refractivity contribution in [1.29, 1.82) is 0 Å². The van der Waals surface area contributed by atoms with Crippen LogP contribution in [0, 0.1) is 0 Å². The molecule has 1 aromatic heterocycles. The van der Waals surface area contributed by atoms with Gasteiger partial charge in [0, 0.05) is 16.2 Å². The summed E-state index contributed by atoms with van der Waals surface area (Å²) in [4.78, 5) is 15.8. The molecule has 1 amide bonds. The number of nitrogens with one attached hydrogen (secondary N) is 1. The Morgan fingerprint density at radius 1 is 1.29 bits per heavy atom. The zero-order chi connectivity index (χ0) is 12.3. The molecular formula is C12H8BrClN2O. The van der Waals surface area contributed by atoms with E-state index in [1.807, 2.05) is 6.07 Å². The molecule has 1 heterocycles. The largest absolute Gasteiger partial charge is 0.319 e. The van der Waals surface area contributed by atoms with Gasteiger partial charge in [0.25, 0.3) is 5.91 Å². The van der Waals surface area contributed by atoms with Gasteiger partial charge in [0.15, 0.2) is 5.15 Å². The van der Waals surface area contributed by atoms with E-state index in [-0.39, 0.29) is 11.1 Å².